The van der Waals surface area contributed by atoms with E-state index >= 15 is 0 Å². The molecule has 0 radical (unpaired) electrons. The van der Waals surface area contributed by atoms with Gasteiger partial charge in [-0.3, -0.25) is 4.90 Å². The molecule has 0 amide bonds. The first-order valence-electron chi connectivity index (χ1n) is 9.09. The Kier molecular flexibility index (Phi) is 4.84. The fourth-order valence-electron chi connectivity index (χ4n) is 3.65. The Morgan fingerprint density at radius 2 is 1.42 bits per heavy atom. The molecule has 0 bridgehead atoms. The SMILES string of the molecule is CN1CCN(Cc2ccc(S(=O)(=O)N3Cc4ccccc4C3)cc2)CC1. The first-order valence-corrected chi connectivity index (χ1v) is 10.5. The summed E-state index contributed by atoms with van der Waals surface area (Å²) in [6, 6.07) is 15.3. The van der Waals surface area contributed by atoms with Crippen molar-refractivity contribution in [3.63, 3.8) is 0 Å². The highest BCUT2D eigenvalue weighted by molar-refractivity contribution is 7.89. The molecule has 0 N–H and O–H groups in total. The van der Waals surface area contributed by atoms with E-state index in [0.29, 0.717) is 18.0 Å². The van der Waals surface area contributed by atoms with Crippen LogP contribution < -0.4 is 0 Å². The van der Waals surface area contributed by atoms with Crippen LogP contribution in [-0.2, 0) is 29.7 Å². The smallest absolute Gasteiger partial charge is 0.243 e. The van der Waals surface area contributed by atoms with Crippen molar-refractivity contribution in [3.05, 3.63) is 65.2 Å². The third kappa shape index (κ3) is 3.55. The van der Waals surface area contributed by atoms with Crippen molar-refractivity contribution in [2.24, 2.45) is 0 Å². The topological polar surface area (TPSA) is 43.9 Å². The predicted octanol–water partition coefficient (Wildman–Crippen LogP) is 2.14. The van der Waals surface area contributed by atoms with Crippen molar-refractivity contribution >= 4 is 10.0 Å². The summed E-state index contributed by atoms with van der Waals surface area (Å²) in [7, 11) is -1.30. The number of rotatable bonds is 4. The van der Waals surface area contributed by atoms with Gasteiger partial charge >= 0.3 is 0 Å². The lowest BCUT2D eigenvalue weighted by molar-refractivity contribution is 0.148. The number of sulfonamides is 1. The average molecular weight is 372 g/mol. The number of hydrogen-bond donors (Lipinski definition) is 0. The first-order chi connectivity index (χ1) is 12.5. The predicted molar refractivity (Wildman–Crippen MR) is 102 cm³/mol. The molecule has 0 saturated carbocycles. The maximum atomic E-state index is 13.0. The summed E-state index contributed by atoms with van der Waals surface area (Å²) in [6.07, 6.45) is 0. The van der Waals surface area contributed by atoms with Gasteiger partial charge in [-0.25, -0.2) is 8.42 Å². The largest absolute Gasteiger partial charge is 0.304 e. The van der Waals surface area contributed by atoms with Crippen LogP contribution in [-0.4, -0.2) is 55.7 Å². The highest BCUT2D eigenvalue weighted by atomic mass is 32.2. The summed E-state index contributed by atoms with van der Waals surface area (Å²) in [4.78, 5) is 5.13. The molecule has 138 valence electrons. The van der Waals surface area contributed by atoms with Crippen LogP contribution in [0, 0.1) is 0 Å². The summed E-state index contributed by atoms with van der Waals surface area (Å²) < 4.78 is 27.5. The van der Waals surface area contributed by atoms with Gasteiger partial charge in [0.25, 0.3) is 0 Å². The number of benzene rings is 2. The fraction of sp³-hybridized carbons (Fsp3) is 0.400. The second-order valence-corrected chi connectivity index (χ2v) is 9.20. The van der Waals surface area contributed by atoms with E-state index < -0.39 is 10.0 Å². The van der Waals surface area contributed by atoms with E-state index in [1.54, 1.807) is 16.4 Å². The normalized spacial score (nSPS) is 19.6. The van der Waals surface area contributed by atoms with Gasteiger partial charge in [0.05, 0.1) is 4.90 Å². The second kappa shape index (κ2) is 7.12. The fourth-order valence-corrected chi connectivity index (χ4v) is 5.05. The number of nitrogens with zero attached hydrogens (tertiary/aromatic N) is 3. The molecule has 2 aliphatic rings. The van der Waals surface area contributed by atoms with Crippen LogP contribution in [0.25, 0.3) is 0 Å². The Hall–Kier alpha value is -1.73. The van der Waals surface area contributed by atoms with Crippen LogP contribution in [0.1, 0.15) is 16.7 Å². The van der Waals surface area contributed by atoms with E-state index in [0.717, 1.165) is 43.9 Å². The lowest BCUT2D eigenvalue weighted by atomic mass is 10.1. The van der Waals surface area contributed by atoms with Gasteiger partial charge in [0.15, 0.2) is 0 Å². The standard InChI is InChI=1S/C20H25N3O2S/c1-21-10-12-22(13-11-21)14-17-6-8-20(9-7-17)26(24,25)23-15-18-4-2-3-5-19(18)16-23/h2-9H,10-16H2,1H3. The molecule has 0 aromatic heterocycles. The molecule has 1 fully saturated rings. The molecule has 2 aromatic rings. The number of piperazine rings is 1. The van der Waals surface area contributed by atoms with Crippen LogP contribution in [0.4, 0.5) is 0 Å². The van der Waals surface area contributed by atoms with Crippen LogP contribution in [0.5, 0.6) is 0 Å². The zero-order chi connectivity index (χ0) is 18.1. The van der Waals surface area contributed by atoms with Crippen molar-refractivity contribution in [3.8, 4) is 0 Å². The van der Waals surface area contributed by atoms with Crippen molar-refractivity contribution in [1.82, 2.24) is 14.1 Å². The van der Waals surface area contributed by atoms with Crippen molar-refractivity contribution in [1.29, 1.82) is 0 Å². The van der Waals surface area contributed by atoms with Gasteiger partial charge in [-0.2, -0.15) is 4.31 Å². The summed E-state index contributed by atoms with van der Waals surface area (Å²) in [6.45, 7) is 6.08. The van der Waals surface area contributed by atoms with Crippen molar-refractivity contribution < 1.29 is 8.42 Å². The van der Waals surface area contributed by atoms with Crippen LogP contribution in [0.15, 0.2) is 53.4 Å². The summed E-state index contributed by atoms with van der Waals surface area (Å²) in [5.41, 5.74) is 3.36. The Morgan fingerprint density at radius 1 is 0.846 bits per heavy atom. The minimum absolute atomic E-state index is 0.382. The molecule has 26 heavy (non-hydrogen) atoms. The Labute approximate surface area is 155 Å². The van der Waals surface area contributed by atoms with E-state index in [-0.39, 0.29) is 0 Å². The Balaban J connectivity index is 1.45. The quantitative estimate of drug-likeness (QED) is 0.826. The number of likely N-dealkylation sites (N-methyl/N-ethyl adjacent to an activating group) is 1. The van der Waals surface area contributed by atoms with Crippen molar-refractivity contribution in [2.75, 3.05) is 33.2 Å². The minimum Gasteiger partial charge on any atom is -0.304 e. The van der Waals surface area contributed by atoms with E-state index in [9.17, 15) is 8.42 Å². The molecule has 4 rings (SSSR count). The van der Waals surface area contributed by atoms with Gasteiger partial charge in [0.1, 0.15) is 0 Å². The van der Waals surface area contributed by atoms with Crippen molar-refractivity contribution in [2.45, 2.75) is 24.5 Å². The molecule has 2 heterocycles. The first kappa shape index (κ1) is 17.7. The maximum Gasteiger partial charge on any atom is 0.243 e. The van der Waals surface area contributed by atoms with E-state index in [1.165, 1.54) is 5.56 Å². The van der Waals surface area contributed by atoms with Crippen LogP contribution in [0.2, 0.25) is 0 Å². The molecule has 0 unspecified atom stereocenters. The average Bonchev–Trinajstić information content (AvgIpc) is 3.09. The molecule has 2 aliphatic heterocycles. The Bertz CT molecular complexity index is 847. The maximum absolute atomic E-state index is 13.0. The van der Waals surface area contributed by atoms with Gasteiger partial charge in [0.2, 0.25) is 10.0 Å². The molecule has 1 saturated heterocycles. The summed E-state index contributed by atoms with van der Waals surface area (Å²) in [5.74, 6) is 0. The molecule has 2 aromatic carbocycles. The molecule has 6 heteroatoms. The summed E-state index contributed by atoms with van der Waals surface area (Å²) in [5, 5.41) is 0. The van der Waals surface area contributed by atoms with E-state index in [4.69, 9.17) is 0 Å². The monoisotopic (exact) mass is 371 g/mol. The minimum atomic E-state index is -3.45. The molecule has 0 spiro atoms. The Morgan fingerprint density at radius 3 is 2.00 bits per heavy atom. The van der Waals surface area contributed by atoms with Gasteiger partial charge in [-0.05, 0) is 35.9 Å². The highest BCUT2D eigenvalue weighted by Gasteiger charge is 2.30. The molecular weight excluding hydrogens is 346 g/mol. The number of fused-ring (bicyclic) bond motifs is 1. The lowest BCUT2D eigenvalue weighted by Gasteiger charge is -2.32. The van der Waals surface area contributed by atoms with E-state index in [2.05, 4.69) is 16.8 Å². The van der Waals surface area contributed by atoms with Crippen LogP contribution in [0.3, 0.4) is 0 Å². The molecule has 0 aliphatic carbocycles. The zero-order valence-electron chi connectivity index (χ0n) is 15.1. The lowest BCUT2D eigenvalue weighted by Crippen LogP contribution is -2.43. The second-order valence-electron chi connectivity index (χ2n) is 7.27. The van der Waals surface area contributed by atoms with Gasteiger partial charge < -0.3 is 4.90 Å². The highest BCUT2D eigenvalue weighted by Crippen LogP contribution is 2.28. The molecule has 0 atom stereocenters. The third-order valence-electron chi connectivity index (χ3n) is 5.37. The zero-order valence-corrected chi connectivity index (χ0v) is 16.0. The summed E-state index contributed by atoms with van der Waals surface area (Å²) >= 11 is 0. The third-order valence-corrected chi connectivity index (χ3v) is 7.18. The van der Waals surface area contributed by atoms with Gasteiger partial charge in [-0.1, -0.05) is 36.4 Å². The number of hydrogen-bond acceptors (Lipinski definition) is 4. The molecular formula is C20H25N3O2S. The van der Waals surface area contributed by atoms with E-state index in [1.807, 2.05) is 36.4 Å². The van der Waals surface area contributed by atoms with Gasteiger partial charge in [0, 0.05) is 45.8 Å². The van der Waals surface area contributed by atoms with Gasteiger partial charge in [-0.15, -0.1) is 0 Å². The van der Waals surface area contributed by atoms with Crippen LogP contribution >= 0.6 is 0 Å². The molecule has 5 nitrogen and oxygen atoms in total.